The van der Waals surface area contributed by atoms with Crippen molar-refractivity contribution in [1.82, 2.24) is 0 Å². The summed E-state index contributed by atoms with van der Waals surface area (Å²) >= 11 is 0. The Bertz CT molecular complexity index is 1260. The van der Waals surface area contributed by atoms with Gasteiger partial charge in [-0.1, -0.05) is 60.7 Å². The van der Waals surface area contributed by atoms with Gasteiger partial charge >= 0.3 is 0 Å². The van der Waals surface area contributed by atoms with E-state index in [1.165, 1.54) is 12.1 Å². The molecule has 152 valence electrons. The summed E-state index contributed by atoms with van der Waals surface area (Å²) in [4.78, 5) is 6.61. The van der Waals surface area contributed by atoms with E-state index in [2.05, 4.69) is 9.69 Å². The van der Waals surface area contributed by atoms with Gasteiger partial charge in [-0.2, -0.15) is 0 Å². The van der Waals surface area contributed by atoms with E-state index in [-0.39, 0.29) is 46.5 Å². The van der Waals surface area contributed by atoms with Crippen LogP contribution in [0.2, 0.25) is 0 Å². The summed E-state index contributed by atoms with van der Waals surface area (Å²) in [6, 6.07) is 25.5. The predicted molar refractivity (Wildman–Crippen MR) is 118 cm³/mol. The third-order valence-corrected chi connectivity index (χ3v) is 4.50. The summed E-state index contributed by atoms with van der Waals surface area (Å²) in [5, 5.41) is 19.4. The van der Waals surface area contributed by atoms with Crippen molar-refractivity contribution in [3.63, 3.8) is 0 Å². The molecule has 32 heavy (non-hydrogen) atoms. The van der Waals surface area contributed by atoms with Gasteiger partial charge in [0.1, 0.15) is 24.7 Å². The van der Waals surface area contributed by atoms with Crippen LogP contribution in [0, 0.1) is 35.8 Å². The molecule has 0 unspecified atom stereocenters. The Morgan fingerprint density at radius 1 is 0.688 bits per heavy atom. The second-order valence-corrected chi connectivity index (χ2v) is 6.54. The zero-order chi connectivity index (χ0) is 22.8. The van der Waals surface area contributed by atoms with E-state index < -0.39 is 0 Å². The molecule has 0 N–H and O–H groups in total. The highest BCUT2D eigenvalue weighted by molar-refractivity contribution is 5.71. The van der Waals surface area contributed by atoms with Crippen molar-refractivity contribution in [2.75, 3.05) is 0 Å². The van der Waals surface area contributed by atoms with Gasteiger partial charge in [0.05, 0.1) is 25.3 Å². The molecular weight excluding hydrogens is 400 g/mol. The third-order valence-electron chi connectivity index (χ3n) is 4.50. The van der Waals surface area contributed by atoms with E-state index in [4.69, 9.17) is 22.6 Å². The van der Waals surface area contributed by atoms with Crippen molar-refractivity contribution in [1.29, 1.82) is 10.5 Å². The molecular formula is C26H16N4O2. The van der Waals surface area contributed by atoms with Crippen LogP contribution in [-0.2, 0) is 13.2 Å². The smallest absolute Gasteiger partial charge is 0.272 e. The first-order chi connectivity index (χ1) is 15.7. The first-order valence-corrected chi connectivity index (χ1v) is 9.51. The van der Waals surface area contributed by atoms with E-state index in [0.717, 1.165) is 11.1 Å². The summed E-state index contributed by atoms with van der Waals surface area (Å²) in [7, 11) is 0. The average molecular weight is 416 g/mol. The highest BCUT2D eigenvalue weighted by Crippen LogP contribution is 2.15. The molecule has 3 aromatic rings. The monoisotopic (exact) mass is 416 g/mol. The Kier molecular flexibility index (Phi) is 7.21. The molecule has 0 aromatic heterocycles. The molecule has 0 radical (unpaired) electrons. The van der Waals surface area contributed by atoms with Gasteiger partial charge in [0, 0.05) is 10.4 Å². The third kappa shape index (κ3) is 5.11. The van der Waals surface area contributed by atoms with Crippen LogP contribution in [0.3, 0.4) is 0 Å². The lowest BCUT2D eigenvalue weighted by molar-refractivity contribution is 0.293. The largest absolute Gasteiger partial charge is 0.490 e. The molecule has 0 atom stereocenters. The summed E-state index contributed by atoms with van der Waals surface area (Å²) in [6.45, 7) is 15.1. The van der Waals surface area contributed by atoms with Crippen LogP contribution in [0.4, 0.5) is 0 Å². The number of hydrogen-bond donors (Lipinski definition) is 0. The van der Waals surface area contributed by atoms with E-state index in [1.807, 2.05) is 72.8 Å². The second-order valence-electron chi connectivity index (χ2n) is 6.54. The van der Waals surface area contributed by atoms with Crippen molar-refractivity contribution in [3.05, 3.63) is 117 Å². The van der Waals surface area contributed by atoms with Crippen LogP contribution in [0.15, 0.2) is 72.8 Å². The fourth-order valence-electron chi connectivity index (χ4n) is 2.93. The van der Waals surface area contributed by atoms with E-state index >= 15 is 0 Å². The van der Waals surface area contributed by atoms with Crippen molar-refractivity contribution in [2.45, 2.75) is 13.2 Å². The number of benzene rings is 3. The van der Waals surface area contributed by atoms with E-state index in [9.17, 15) is 10.5 Å². The SMILES string of the molecule is [C-]#[N+]C(C#N)=c1cc(OCc2ccccc2)c(=C(C#N)[N+]#[C-])cc1OCc1ccccc1. The van der Waals surface area contributed by atoms with Crippen LogP contribution < -0.4 is 19.9 Å². The molecule has 6 heteroatoms. The lowest BCUT2D eigenvalue weighted by atomic mass is 10.1. The van der Waals surface area contributed by atoms with Crippen molar-refractivity contribution >= 4 is 11.4 Å². The Morgan fingerprint density at radius 2 is 1.06 bits per heavy atom. The van der Waals surface area contributed by atoms with E-state index in [1.54, 1.807) is 0 Å². The van der Waals surface area contributed by atoms with Crippen molar-refractivity contribution in [2.24, 2.45) is 0 Å². The Hall–Kier alpha value is -5.04. The van der Waals surface area contributed by atoms with Crippen molar-refractivity contribution in [3.8, 4) is 23.6 Å². The average Bonchev–Trinajstić information content (AvgIpc) is 2.85. The first kappa shape index (κ1) is 21.7. The fourth-order valence-corrected chi connectivity index (χ4v) is 2.93. The molecule has 0 heterocycles. The summed E-state index contributed by atoms with van der Waals surface area (Å²) in [6.07, 6.45) is 0. The minimum absolute atomic E-state index is 0.175. The van der Waals surface area contributed by atoms with Gasteiger partial charge in [-0.15, -0.1) is 0 Å². The van der Waals surface area contributed by atoms with Crippen LogP contribution in [0.25, 0.3) is 21.1 Å². The molecule has 0 bridgehead atoms. The van der Waals surface area contributed by atoms with Gasteiger partial charge in [0.15, 0.2) is 0 Å². The maximum absolute atomic E-state index is 9.46. The molecule has 0 amide bonds. The molecule has 6 nitrogen and oxygen atoms in total. The summed E-state index contributed by atoms with van der Waals surface area (Å²) in [5.41, 5.74) is 1.43. The molecule has 0 aliphatic rings. The zero-order valence-electron chi connectivity index (χ0n) is 16.9. The summed E-state index contributed by atoms with van der Waals surface area (Å²) < 4.78 is 11.8. The maximum atomic E-state index is 9.46. The molecule has 3 aromatic carbocycles. The van der Waals surface area contributed by atoms with Crippen LogP contribution in [-0.4, -0.2) is 0 Å². The number of nitriles is 2. The van der Waals surface area contributed by atoms with Gasteiger partial charge in [-0.05, 0) is 23.3 Å². The Balaban J connectivity index is 2.16. The molecule has 0 aliphatic heterocycles. The van der Waals surface area contributed by atoms with Gasteiger partial charge in [-0.3, -0.25) is 0 Å². The quantitative estimate of drug-likeness (QED) is 0.571. The fraction of sp³-hybridized carbons (Fsp3) is 0.0769. The highest BCUT2D eigenvalue weighted by Gasteiger charge is 2.12. The minimum Gasteiger partial charge on any atom is -0.490 e. The zero-order valence-corrected chi connectivity index (χ0v) is 16.9. The number of nitrogens with zero attached hydrogens (tertiary/aromatic N) is 4. The lowest BCUT2D eigenvalue weighted by Crippen LogP contribution is -2.19. The first-order valence-electron chi connectivity index (χ1n) is 9.51. The molecule has 0 saturated carbocycles. The number of ether oxygens (including phenoxy) is 2. The second kappa shape index (κ2) is 10.7. The van der Waals surface area contributed by atoms with Gasteiger partial charge in [-0.25, -0.2) is 20.2 Å². The summed E-state index contributed by atoms with van der Waals surface area (Å²) in [5.74, 6) is 0.444. The van der Waals surface area contributed by atoms with Gasteiger partial charge < -0.3 is 9.47 Å². The van der Waals surface area contributed by atoms with E-state index in [0.29, 0.717) is 0 Å². The normalized spacial score (nSPS) is 11.6. The number of hydrogen-bond acceptors (Lipinski definition) is 4. The standard InChI is InChI=1S/C26H16N4O2/c1-29-23(15-27)21-13-26(32-18-20-11-7-4-8-12-20)22(24(16-28)30-2)14-25(21)31-17-19-9-5-3-6-10-19/h3-14H,17-18H2. The predicted octanol–water partition coefficient (Wildman–Crippen LogP) is 3.95. The van der Waals surface area contributed by atoms with Crippen molar-refractivity contribution < 1.29 is 9.47 Å². The number of rotatable bonds is 6. The maximum Gasteiger partial charge on any atom is 0.272 e. The molecule has 0 saturated heterocycles. The highest BCUT2D eigenvalue weighted by atomic mass is 16.5. The topological polar surface area (TPSA) is 74.8 Å². The molecule has 0 spiro atoms. The van der Waals surface area contributed by atoms with Crippen LogP contribution in [0.5, 0.6) is 11.5 Å². The lowest BCUT2D eigenvalue weighted by Gasteiger charge is -2.12. The minimum atomic E-state index is -0.175. The Morgan fingerprint density at radius 3 is 1.38 bits per heavy atom. The molecule has 3 rings (SSSR count). The molecule has 0 aliphatic carbocycles. The van der Waals surface area contributed by atoms with Gasteiger partial charge in [0.25, 0.3) is 11.4 Å². The van der Waals surface area contributed by atoms with Gasteiger partial charge in [0.2, 0.25) is 0 Å². The Labute approximate surface area is 185 Å². The van der Waals surface area contributed by atoms with Crippen LogP contribution in [0.1, 0.15) is 11.1 Å². The molecule has 0 fully saturated rings. The van der Waals surface area contributed by atoms with Crippen LogP contribution >= 0.6 is 0 Å².